The van der Waals surface area contributed by atoms with Gasteiger partial charge in [-0.25, -0.2) is 4.79 Å². The Balaban J connectivity index is 1.82. The number of hydrogen-bond acceptors (Lipinski definition) is 3. The van der Waals surface area contributed by atoms with Crippen molar-refractivity contribution in [1.82, 2.24) is 10.2 Å². The third kappa shape index (κ3) is 4.37. The molecule has 126 valence electrons. The monoisotopic (exact) mass is 319 g/mol. The number of carboxylic acids is 1. The Morgan fingerprint density at radius 3 is 2.57 bits per heavy atom. The van der Waals surface area contributed by atoms with Crippen molar-refractivity contribution in [2.24, 2.45) is 5.41 Å². The van der Waals surface area contributed by atoms with Crippen LogP contribution in [0.15, 0.2) is 24.3 Å². The van der Waals surface area contributed by atoms with Crippen LogP contribution in [0.5, 0.6) is 0 Å². The van der Waals surface area contributed by atoms with Gasteiger partial charge in [-0.2, -0.15) is 0 Å². The summed E-state index contributed by atoms with van der Waals surface area (Å²) < 4.78 is 0. The molecule has 6 heteroatoms. The van der Waals surface area contributed by atoms with Gasteiger partial charge in [-0.15, -0.1) is 0 Å². The molecule has 1 fully saturated rings. The number of carboxylic acid groups (broad SMARTS) is 1. The maximum atomic E-state index is 12.1. The molecule has 1 aliphatic heterocycles. The van der Waals surface area contributed by atoms with E-state index in [1.165, 1.54) is 0 Å². The summed E-state index contributed by atoms with van der Waals surface area (Å²) >= 11 is 0. The maximum Gasteiger partial charge on any atom is 0.317 e. The smallest absolute Gasteiger partial charge is 0.317 e. The van der Waals surface area contributed by atoms with E-state index >= 15 is 0 Å². The van der Waals surface area contributed by atoms with Crippen molar-refractivity contribution < 1.29 is 14.7 Å². The summed E-state index contributed by atoms with van der Waals surface area (Å²) in [6, 6.07) is 7.74. The first kappa shape index (κ1) is 17.1. The SMILES string of the molecule is CCCNc1ccc(CNC(=O)N2CCC(C)(C(=O)O)C2)cc1. The molecule has 6 nitrogen and oxygen atoms in total. The van der Waals surface area contributed by atoms with E-state index in [1.54, 1.807) is 11.8 Å². The quantitative estimate of drug-likeness (QED) is 0.752. The summed E-state index contributed by atoms with van der Waals surface area (Å²) in [4.78, 5) is 24.9. The second-order valence-corrected chi connectivity index (χ2v) is 6.32. The first-order valence-electron chi connectivity index (χ1n) is 8.03. The zero-order valence-electron chi connectivity index (χ0n) is 13.8. The molecule has 0 aromatic heterocycles. The summed E-state index contributed by atoms with van der Waals surface area (Å²) in [6.45, 7) is 5.92. The minimum absolute atomic E-state index is 0.205. The molecule has 23 heavy (non-hydrogen) atoms. The molecular weight excluding hydrogens is 294 g/mol. The van der Waals surface area contributed by atoms with Gasteiger partial charge in [-0.1, -0.05) is 19.1 Å². The number of benzene rings is 1. The van der Waals surface area contributed by atoms with Gasteiger partial charge < -0.3 is 20.6 Å². The Morgan fingerprint density at radius 1 is 1.30 bits per heavy atom. The van der Waals surface area contributed by atoms with E-state index in [2.05, 4.69) is 17.6 Å². The summed E-state index contributed by atoms with van der Waals surface area (Å²) in [5, 5.41) is 15.4. The number of carbonyl (C=O) groups excluding carboxylic acids is 1. The highest BCUT2D eigenvalue weighted by molar-refractivity contribution is 5.79. The largest absolute Gasteiger partial charge is 0.481 e. The molecule has 1 unspecified atom stereocenters. The van der Waals surface area contributed by atoms with Gasteiger partial charge in [0, 0.05) is 31.9 Å². The number of rotatable bonds is 6. The van der Waals surface area contributed by atoms with Crippen molar-refractivity contribution in [3.05, 3.63) is 29.8 Å². The van der Waals surface area contributed by atoms with Crippen molar-refractivity contribution >= 4 is 17.7 Å². The Kier molecular flexibility index (Phi) is 5.47. The highest BCUT2D eigenvalue weighted by Gasteiger charge is 2.42. The van der Waals surface area contributed by atoms with E-state index in [0.29, 0.717) is 19.5 Å². The Morgan fingerprint density at radius 2 is 2.00 bits per heavy atom. The van der Waals surface area contributed by atoms with Gasteiger partial charge in [0.25, 0.3) is 0 Å². The van der Waals surface area contributed by atoms with Crippen LogP contribution in [0.2, 0.25) is 0 Å². The van der Waals surface area contributed by atoms with Gasteiger partial charge in [-0.3, -0.25) is 4.79 Å². The van der Waals surface area contributed by atoms with Gasteiger partial charge >= 0.3 is 12.0 Å². The molecule has 1 heterocycles. The molecule has 1 atom stereocenters. The molecule has 0 bridgehead atoms. The average Bonchev–Trinajstić information content (AvgIpc) is 2.95. The van der Waals surface area contributed by atoms with Crippen LogP contribution in [0.4, 0.5) is 10.5 Å². The lowest BCUT2D eigenvalue weighted by Crippen LogP contribution is -2.40. The molecule has 0 aliphatic carbocycles. The van der Waals surface area contributed by atoms with Gasteiger partial charge in [0.15, 0.2) is 0 Å². The summed E-state index contributed by atoms with van der Waals surface area (Å²) in [6.07, 6.45) is 1.57. The number of hydrogen-bond donors (Lipinski definition) is 3. The molecule has 1 aliphatic rings. The number of likely N-dealkylation sites (tertiary alicyclic amines) is 1. The van der Waals surface area contributed by atoms with Crippen molar-refractivity contribution in [3.63, 3.8) is 0 Å². The second-order valence-electron chi connectivity index (χ2n) is 6.32. The zero-order valence-corrected chi connectivity index (χ0v) is 13.8. The van der Waals surface area contributed by atoms with Gasteiger partial charge in [0.2, 0.25) is 0 Å². The fourth-order valence-corrected chi connectivity index (χ4v) is 2.61. The molecule has 0 radical (unpaired) electrons. The minimum Gasteiger partial charge on any atom is -0.481 e. The van der Waals surface area contributed by atoms with Crippen LogP contribution >= 0.6 is 0 Å². The van der Waals surface area contributed by atoms with Gasteiger partial charge in [0.05, 0.1) is 5.41 Å². The molecule has 0 spiro atoms. The lowest BCUT2D eigenvalue weighted by atomic mass is 9.90. The number of urea groups is 1. The normalized spacial score (nSPS) is 20.3. The summed E-state index contributed by atoms with van der Waals surface area (Å²) in [5.74, 6) is -0.844. The lowest BCUT2D eigenvalue weighted by molar-refractivity contribution is -0.147. The number of carbonyl (C=O) groups is 2. The zero-order chi connectivity index (χ0) is 16.9. The van der Waals surface area contributed by atoms with Gasteiger partial charge in [-0.05, 0) is 37.5 Å². The number of nitrogens with one attached hydrogen (secondary N) is 2. The Bertz CT molecular complexity index is 559. The van der Waals surface area contributed by atoms with Crippen LogP contribution in [0, 0.1) is 5.41 Å². The highest BCUT2D eigenvalue weighted by Crippen LogP contribution is 2.29. The fraction of sp³-hybridized carbons (Fsp3) is 0.529. The van der Waals surface area contributed by atoms with Crippen LogP contribution in [0.25, 0.3) is 0 Å². The van der Waals surface area contributed by atoms with Crippen LogP contribution in [0.3, 0.4) is 0 Å². The Labute approximate surface area is 136 Å². The molecule has 1 aromatic carbocycles. The van der Waals surface area contributed by atoms with E-state index in [0.717, 1.165) is 24.2 Å². The lowest BCUT2D eigenvalue weighted by Gasteiger charge is -2.20. The van der Waals surface area contributed by atoms with Gasteiger partial charge in [0.1, 0.15) is 0 Å². The van der Waals surface area contributed by atoms with E-state index in [-0.39, 0.29) is 12.6 Å². The first-order chi connectivity index (χ1) is 10.9. The molecule has 2 rings (SSSR count). The van der Waals surface area contributed by atoms with Crippen molar-refractivity contribution in [2.75, 3.05) is 25.0 Å². The molecule has 0 saturated carbocycles. The summed E-state index contributed by atoms with van der Waals surface area (Å²) in [5.41, 5.74) is 1.25. The van der Waals surface area contributed by atoms with E-state index in [9.17, 15) is 14.7 Å². The topological polar surface area (TPSA) is 81.7 Å². The van der Waals surface area contributed by atoms with E-state index in [4.69, 9.17) is 0 Å². The van der Waals surface area contributed by atoms with Crippen LogP contribution < -0.4 is 10.6 Å². The number of anilines is 1. The van der Waals surface area contributed by atoms with Crippen LogP contribution in [-0.2, 0) is 11.3 Å². The standard InChI is InChI=1S/C17H25N3O3/c1-3-9-18-14-6-4-13(5-7-14)11-19-16(23)20-10-8-17(2,12-20)15(21)22/h4-7,18H,3,8-12H2,1-2H3,(H,19,23)(H,21,22). The molecule has 3 N–H and O–H groups in total. The Hall–Kier alpha value is -2.24. The first-order valence-corrected chi connectivity index (χ1v) is 8.03. The number of amides is 2. The number of nitrogens with zero attached hydrogens (tertiary/aromatic N) is 1. The number of aliphatic carboxylic acids is 1. The average molecular weight is 319 g/mol. The minimum atomic E-state index is -0.844. The fourth-order valence-electron chi connectivity index (χ4n) is 2.61. The third-order valence-electron chi connectivity index (χ3n) is 4.25. The third-order valence-corrected chi connectivity index (χ3v) is 4.25. The second kappa shape index (κ2) is 7.35. The highest BCUT2D eigenvalue weighted by atomic mass is 16.4. The van der Waals surface area contributed by atoms with E-state index < -0.39 is 11.4 Å². The van der Waals surface area contributed by atoms with Crippen LogP contribution in [0.1, 0.15) is 32.3 Å². The molecule has 1 aromatic rings. The molecule has 2 amide bonds. The molecule has 1 saturated heterocycles. The van der Waals surface area contributed by atoms with E-state index in [1.807, 2.05) is 24.3 Å². The predicted molar refractivity (Wildman–Crippen MR) is 89.4 cm³/mol. The van der Waals surface area contributed by atoms with Crippen molar-refractivity contribution in [1.29, 1.82) is 0 Å². The summed E-state index contributed by atoms with van der Waals surface area (Å²) in [7, 11) is 0. The maximum absolute atomic E-state index is 12.1. The van der Waals surface area contributed by atoms with Crippen molar-refractivity contribution in [2.45, 2.75) is 33.2 Å². The molecular formula is C17H25N3O3. The van der Waals surface area contributed by atoms with Crippen LogP contribution in [-0.4, -0.2) is 41.6 Å². The van der Waals surface area contributed by atoms with Crippen molar-refractivity contribution in [3.8, 4) is 0 Å². The predicted octanol–water partition coefficient (Wildman–Crippen LogP) is 2.51.